The van der Waals surface area contributed by atoms with Crippen LogP contribution in [0.2, 0.25) is 0 Å². The number of tetrazole rings is 1. The fraction of sp³-hybridized carbons (Fsp3) is 0. The van der Waals surface area contributed by atoms with Crippen LogP contribution in [0, 0.1) is 0 Å². The van der Waals surface area contributed by atoms with E-state index in [9.17, 15) is 0 Å². The van der Waals surface area contributed by atoms with Gasteiger partial charge in [0, 0.05) is 12.4 Å². The maximum absolute atomic E-state index is 3.90. The average molecular weight is 189 g/mol. The molecule has 0 spiro atoms. The molecular formula is C7H7N7. The van der Waals surface area contributed by atoms with E-state index in [1.807, 2.05) is 12.1 Å². The monoisotopic (exact) mass is 189 g/mol. The van der Waals surface area contributed by atoms with Crippen molar-refractivity contribution in [3.8, 4) is 0 Å². The summed E-state index contributed by atoms with van der Waals surface area (Å²) in [4.78, 5) is 3.88. The van der Waals surface area contributed by atoms with Gasteiger partial charge in [-0.3, -0.25) is 4.98 Å². The third-order valence-corrected chi connectivity index (χ3v) is 1.43. The molecule has 0 amide bonds. The van der Waals surface area contributed by atoms with E-state index in [0.717, 1.165) is 5.56 Å². The van der Waals surface area contributed by atoms with Crippen molar-refractivity contribution in [1.29, 1.82) is 0 Å². The van der Waals surface area contributed by atoms with Gasteiger partial charge in [-0.1, -0.05) is 5.10 Å². The third-order valence-electron chi connectivity index (χ3n) is 1.43. The Morgan fingerprint density at radius 3 is 2.93 bits per heavy atom. The fourth-order valence-electron chi connectivity index (χ4n) is 0.823. The lowest BCUT2D eigenvalue weighted by Gasteiger charge is -1.90. The number of aromatic nitrogens is 5. The second-order valence-corrected chi connectivity index (χ2v) is 2.39. The second kappa shape index (κ2) is 4.08. The first-order valence-corrected chi connectivity index (χ1v) is 3.88. The molecule has 0 radical (unpaired) electrons. The molecule has 2 aromatic heterocycles. The number of nitrogens with one attached hydrogen (secondary N) is 2. The predicted molar refractivity (Wildman–Crippen MR) is 49.6 cm³/mol. The van der Waals surface area contributed by atoms with Gasteiger partial charge >= 0.3 is 0 Å². The van der Waals surface area contributed by atoms with E-state index in [1.54, 1.807) is 18.6 Å². The molecular weight excluding hydrogens is 182 g/mol. The number of hydrogen-bond acceptors (Lipinski definition) is 6. The van der Waals surface area contributed by atoms with Crippen LogP contribution in [0.3, 0.4) is 0 Å². The van der Waals surface area contributed by atoms with Gasteiger partial charge in [-0.15, -0.1) is 5.10 Å². The van der Waals surface area contributed by atoms with Gasteiger partial charge in [0.1, 0.15) is 0 Å². The van der Waals surface area contributed by atoms with Crippen LogP contribution in [-0.2, 0) is 0 Å². The van der Waals surface area contributed by atoms with Crippen LogP contribution in [0.1, 0.15) is 5.56 Å². The molecule has 0 saturated heterocycles. The molecule has 0 saturated carbocycles. The van der Waals surface area contributed by atoms with Crippen molar-refractivity contribution in [2.24, 2.45) is 5.10 Å². The first-order valence-electron chi connectivity index (χ1n) is 3.88. The van der Waals surface area contributed by atoms with Gasteiger partial charge in [0.2, 0.25) is 0 Å². The highest BCUT2D eigenvalue weighted by Gasteiger charge is 1.91. The Labute approximate surface area is 79.3 Å². The summed E-state index contributed by atoms with van der Waals surface area (Å²) >= 11 is 0. The summed E-state index contributed by atoms with van der Waals surface area (Å²) < 4.78 is 0. The van der Waals surface area contributed by atoms with Crippen molar-refractivity contribution in [2.75, 3.05) is 5.43 Å². The molecule has 2 heterocycles. The van der Waals surface area contributed by atoms with Crippen molar-refractivity contribution in [1.82, 2.24) is 25.6 Å². The Morgan fingerprint density at radius 2 is 2.21 bits per heavy atom. The van der Waals surface area contributed by atoms with Crippen LogP contribution < -0.4 is 5.43 Å². The van der Waals surface area contributed by atoms with E-state index in [2.05, 4.69) is 36.1 Å². The van der Waals surface area contributed by atoms with Crippen molar-refractivity contribution < 1.29 is 0 Å². The van der Waals surface area contributed by atoms with E-state index in [1.165, 1.54) is 0 Å². The minimum absolute atomic E-state index is 0.329. The minimum Gasteiger partial charge on any atom is -0.265 e. The molecule has 7 heteroatoms. The normalized spacial score (nSPS) is 10.6. The highest BCUT2D eigenvalue weighted by molar-refractivity contribution is 5.79. The SMILES string of the molecule is C(=NNc1nn[nH]n1)c1ccncc1. The van der Waals surface area contributed by atoms with Gasteiger partial charge in [-0.2, -0.15) is 10.3 Å². The molecule has 0 bridgehead atoms. The lowest BCUT2D eigenvalue weighted by Crippen LogP contribution is -1.92. The smallest absolute Gasteiger partial charge is 0.265 e. The van der Waals surface area contributed by atoms with Crippen molar-refractivity contribution in [3.63, 3.8) is 0 Å². The molecule has 0 aliphatic rings. The Balaban J connectivity index is 1.96. The highest BCUT2D eigenvalue weighted by atomic mass is 15.5. The topological polar surface area (TPSA) is 91.7 Å². The van der Waals surface area contributed by atoms with Crippen molar-refractivity contribution in [2.45, 2.75) is 0 Å². The largest absolute Gasteiger partial charge is 0.283 e. The van der Waals surface area contributed by atoms with Gasteiger partial charge in [-0.05, 0) is 22.9 Å². The summed E-state index contributed by atoms with van der Waals surface area (Å²) in [6.07, 6.45) is 5.02. The first-order chi connectivity index (χ1) is 6.95. The van der Waals surface area contributed by atoms with Gasteiger partial charge in [0.15, 0.2) is 0 Å². The number of hydrogen-bond donors (Lipinski definition) is 2. The van der Waals surface area contributed by atoms with Crippen LogP contribution in [-0.4, -0.2) is 31.8 Å². The van der Waals surface area contributed by atoms with Gasteiger partial charge in [0.25, 0.3) is 5.95 Å². The standard InChI is InChI=1S/C7H7N7/c1-3-8-4-2-6(1)5-9-10-7-11-13-14-12-7/h1-5H,(H2,10,11,12,13,14). The zero-order valence-electron chi connectivity index (χ0n) is 7.12. The molecule has 2 aromatic rings. The van der Waals surface area contributed by atoms with Crippen LogP contribution >= 0.6 is 0 Å². The Hall–Kier alpha value is -2.31. The maximum atomic E-state index is 3.90. The lowest BCUT2D eigenvalue weighted by molar-refractivity contribution is 0.881. The molecule has 70 valence electrons. The molecule has 0 aliphatic carbocycles. The lowest BCUT2D eigenvalue weighted by atomic mass is 10.3. The third kappa shape index (κ3) is 2.09. The zero-order valence-corrected chi connectivity index (χ0v) is 7.12. The Morgan fingerprint density at radius 1 is 1.36 bits per heavy atom. The summed E-state index contributed by atoms with van der Waals surface area (Å²) in [7, 11) is 0. The number of H-pyrrole nitrogens is 1. The predicted octanol–water partition coefficient (Wildman–Crippen LogP) is 0.0407. The van der Waals surface area contributed by atoms with E-state index in [4.69, 9.17) is 0 Å². The van der Waals surface area contributed by atoms with Crippen LogP contribution in [0.15, 0.2) is 29.6 Å². The molecule has 2 N–H and O–H groups in total. The molecule has 0 aromatic carbocycles. The summed E-state index contributed by atoms with van der Waals surface area (Å²) in [5.41, 5.74) is 3.55. The van der Waals surface area contributed by atoms with E-state index in [0.29, 0.717) is 5.95 Å². The molecule has 2 rings (SSSR count). The van der Waals surface area contributed by atoms with E-state index >= 15 is 0 Å². The summed E-state index contributed by atoms with van der Waals surface area (Å²) in [6.45, 7) is 0. The Bertz CT molecular complexity index is 393. The molecule has 14 heavy (non-hydrogen) atoms. The van der Waals surface area contributed by atoms with E-state index < -0.39 is 0 Å². The number of nitrogens with zero attached hydrogens (tertiary/aromatic N) is 5. The van der Waals surface area contributed by atoms with Crippen molar-refractivity contribution >= 4 is 12.2 Å². The first kappa shape index (κ1) is 8.30. The molecule has 7 nitrogen and oxygen atoms in total. The van der Waals surface area contributed by atoms with Gasteiger partial charge in [-0.25, -0.2) is 5.43 Å². The molecule has 0 atom stereocenters. The molecule has 0 fully saturated rings. The summed E-state index contributed by atoms with van der Waals surface area (Å²) in [5, 5.41) is 16.9. The Kier molecular flexibility index (Phi) is 2.42. The van der Waals surface area contributed by atoms with Crippen molar-refractivity contribution in [3.05, 3.63) is 30.1 Å². The highest BCUT2D eigenvalue weighted by Crippen LogP contribution is 1.93. The van der Waals surface area contributed by atoms with Crippen LogP contribution in [0.5, 0.6) is 0 Å². The fourth-order valence-corrected chi connectivity index (χ4v) is 0.823. The number of rotatable bonds is 3. The average Bonchev–Trinajstić information content (AvgIpc) is 2.72. The maximum Gasteiger partial charge on any atom is 0.283 e. The number of aromatic amines is 1. The number of hydrazone groups is 1. The molecule has 0 unspecified atom stereocenters. The summed E-state index contributed by atoms with van der Waals surface area (Å²) in [5.74, 6) is 0.329. The minimum atomic E-state index is 0.329. The van der Waals surface area contributed by atoms with Gasteiger partial charge < -0.3 is 0 Å². The van der Waals surface area contributed by atoms with Crippen LogP contribution in [0.25, 0.3) is 0 Å². The summed E-state index contributed by atoms with van der Waals surface area (Å²) in [6, 6.07) is 3.67. The van der Waals surface area contributed by atoms with E-state index in [-0.39, 0.29) is 0 Å². The zero-order chi connectivity index (χ0) is 9.64. The van der Waals surface area contributed by atoms with Gasteiger partial charge in [0.05, 0.1) is 6.21 Å². The number of pyridine rings is 1. The quantitative estimate of drug-likeness (QED) is 0.525. The van der Waals surface area contributed by atoms with Crippen LogP contribution in [0.4, 0.5) is 5.95 Å². The molecule has 0 aliphatic heterocycles. The second-order valence-electron chi connectivity index (χ2n) is 2.39. The number of anilines is 1.